The van der Waals surface area contributed by atoms with Crippen LogP contribution in [0.2, 0.25) is 0 Å². The number of hydrogen-bond acceptors (Lipinski definition) is 3. The Morgan fingerprint density at radius 2 is 1.86 bits per heavy atom. The van der Waals surface area contributed by atoms with Gasteiger partial charge < -0.3 is 10.2 Å². The van der Waals surface area contributed by atoms with Crippen LogP contribution in [0.5, 0.6) is 0 Å². The van der Waals surface area contributed by atoms with Crippen LogP contribution in [0.15, 0.2) is 35.3 Å². The molecule has 2 aliphatic rings. The van der Waals surface area contributed by atoms with Crippen molar-refractivity contribution >= 4 is 11.7 Å². The molecule has 0 spiro atoms. The van der Waals surface area contributed by atoms with Gasteiger partial charge in [-0.3, -0.25) is 14.7 Å². The topological polar surface area (TPSA) is 47.9 Å². The molecule has 2 fully saturated rings. The molecule has 1 heterocycles. The highest BCUT2D eigenvalue weighted by Gasteiger charge is 2.26. The summed E-state index contributed by atoms with van der Waals surface area (Å²) in [5, 5.41) is 3.05. The molecule has 0 atom stereocenters. The van der Waals surface area contributed by atoms with Gasteiger partial charge in [-0.15, -0.1) is 0 Å². The number of hydrogen-bond donors (Lipinski definition) is 1. The van der Waals surface area contributed by atoms with Gasteiger partial charge in [-0.25, -0.2) is 0 Å². The van der Waals surface area contributed by atoms with Crippen molar-refractivity contribution in [3.8, 4) is 0 Å². The van der Waals surface area contributed by atoms with Crippen molar-refractivity contribution in [3.63, 3.8) is 0 Å². The van der Waals surface area contributed by atoms with Crippen LogP contribution < -0.4 is 5.32 Å². The van der Waals surface area contributed by atoms with Gasteiger partial charge in [0.25, 0.3) is 0 Å². The molecule has 1 aliphatic carbocycles. The van der Waals surface area contributed by atoms with Gasteiger partial charge >= 0.3 is 0 Å². The van der Waals surface area contributed by atoms with Crippen molar-refractivity contribution in [3.05, 3.63) is 35.9 Å². The molecule has 1 amide bonds. The Hall–Kier alpha value is -1.88. The molecule has 0 unspecified atom stereocenters. The Balaban J connectivity index is 1.51. The average molecular weight is 300 g/mol. The summed E-state index contributed by atoms with van der Waals surface area (Å²) < 4.78 is 0. The summed E-state index contributed by atoms with van der Waals surface area (Å²) in [7, 11) is 1.85. The van der Waals surface area contributed by atoms with E-state index in [1.165, 1.54) is 0 Å². The molecule has 0 bridgehead atoms. The standard InChI is InChI=1S/C17H24N4O/c1-18-17(14-5-3-2-4-6-14)21-11-9-20(10-12-21)13-16(22)19-15-7-8-15/h2-6,15H,7-13H2,1H3,(H,19,22). The Kier molecular flexibility index (Phi) is 4.73. The minimum Gasteiger partial charge on any atom is -0.354 e. The maximum Gasteiger partial charge on any atom is 0.234 e. The SMILES string of the molecule is CN=C(c1ccccc1)N1CCN(CC(=O)NC2CC2)CC1. The predicted octanol–water partition coefficient (Wildman–Crippen LogP) is 0.959. The largest absolute Gasteiger partial charge is 0.354 e. The number of benzene rings is 1. The van der Waals surface area contributed by atoms with E-state index in [0.717, 1.165) is 50.4 Å². The first-order chi connectivity index (χ1) is 10.8. The lowest BCUT2D eigenvalue weighted by atomic mass is 10.1. The second-order valence-electron chi connectivity index (χ2n) is 6.02. The molecule has 1 N–H and O–H groups in total. The molecule has 22 heavy (non-hydrogen) atoms. The van der Waals surface area contributed by atoms with E-state index in [2.05, 4.69) is 32.2 Å². The number of nitrogens with zero attached hydrogens (tertiary/aromatic N) is 3. The fourth-order valence-electron chi connectivity index (χ4n) is 2.86. The van der Waals surface area contributed by atoms with Crippen LogP contribution in [-0.4, -0.2) is 67.4 Å². The minimum atomic E-state index is 0.170. The van der Waals surface area contributed by atoms with Crippen LogP contribution in [0.4, 0.5) is 0 Å². The molecular formula is C17H24N4O. The zero-order valence-electron chi connectivity index (χ0n) is 13.2. The highest BCUT2D eigenvalue weighted by atomic mass is 16.2. The molecule has 1 aromatic carbocycles. The first kappa shape index (κ1) is 15.0. The summed E-state index contributed by atoms with van der Waals surface area (Å²) in [5.74, 6) is 1.21. The van der Waals surface area contributed by atoms with Crippen molar-refractivity contribution in [1.29, 1.82) is 0 Å². The summed E-state index contributed by atoms with van der Waals surface area (Å²) in [6.45, 7) is 4.17. The number of piperazine rings is 1. The quantitative estimate of drug-likeness (QED) is 0.665. The zero-order valence-corrected chi connectivity index (χ0v) is 13.2. The molecular weight excluding hydrogens is 276 g/mol. The van der Waals surface area contributed by atoms with E-state index in [0.29, 0.717) is 12.6 Å². The molecule has 3 rings (SSSR count). The van der Waals surface area contributed by atoms with Gasteiger partial charge in [0.05, 0.1) is 6.54 Å². The van der Waals surface area contributed by atoms with Crippen molar-refractivity contribution in [2.24, 2.45) is 4.99 Å². The van der Waals surface area contributed by atoms with Crippen molar-refractivity contribution in [1.82, 2.24) is 15.1 Å². The lowest BCUT2D eigenvalue weighted by molar-refractivity contribution is -0.122. The number of aliphatic imine (C=N–C) groups is 1. The molecule has 118 valence electrons. The van der Waals surface area contributed by atoms with Crippen molar-refractivity contribution in [2.75, 3.05) is 39.8 Å². The number of amides is 1. The number of carbonyl (C=O) groups excluding carboxylic acids is 1. The van der Waals surface area contributed by atoms with Crippen LogP contribution in [0, 0.1) is 0 Å². The summed E-state index contributed by atoms with van der Waals surface area (Å²) in [6.07, 6.45) is 2.29. The van der Waals surface area contributed by atoms with Gasteiger partial charge in [0.15, 0.2) is 0 Å². The molecule has 5 nitrogen and oxygen atoms in total. The number of rotatable bonds is 4. The third-order valence-corrected chi connectivity index (χ3v) is 4.23. The van der Waals surface area contributed by atoms with Gasteiger partial charge in [-0.05, 0) is 12.8 Å². The first-order valence-corrected chi connectivity index (χ1v) is 8.05. The summed E-state index contributed by atoms with van der Waals surface area (Å²) >= 11 is 0. The van der Waals surface area contributed by atoms with Crippen LogP contribution in [-0.2, 0) is 4.79 Å². The number of carbonyl (C=O) groups is 1. The monoisotopic (exact) mass is 300 g/mol. The third kappa shape index (κ3) is 3.85. The maximum atomic E-state index is 11.9. The van der Waals surface area contributed by atoms with Crippen LogP contribution in [0.25, 0.3) is 0 Å². The molecule has 0 aromatic heterocycles. The third-order valence-electron chi connectivity index (χ3n) is 4.23. The summed E-state index contributed by atoms with van der Waals surface area (Å²) in [5.41, 5.74) is 1.16. The minimum absolute atomic E-state index is 0.170. The van der Waals surface area contributed by atoms with Crippen molar-refractivity contribution < 1.29 is 4.79 Å². The second kappa shape index (κ2) is 6.92. The van der Waals surface area contributed by atoms with E-state index < -0.39 is 0 Å². The smallest absolute Gasteiger partial charge is 0.234 e. The van der Waals surface area contributed by atoms with Crippen molar-refractivity contribution in [2.45, 2.75) is 18.9 Å². The van der Waals surface area contributed by atoms with E-state index in [9.17, 15) is 4.79 Å². The molecule has 0 radical (unpaired) electrons. The van der Waals surface area contributed by atoms with Crippen LogP contribution in [0.3, 0.4) is 0 Å². The summed E-state index contributed by atoms with van der Waals surface area (Å²) in [4.78, 5) is 20.9. The number of amidine groups is 1. The highest BCUT2D eigenvalue weighted by Crippen LogP contribution is 2.18. The summed E-state index contributed by atoms with van der Waals surface area (Å²) in [6, 6.07) is 10.7. The van der Waals surface area contributed by atoms with Gasteiger partial charge in [0.2, 0.25) is 5.91 Å². The molecule has 1 aliphatic heterocycles. The molecule has 1 saturated heterocycles. The normalized spacial score (nSPS) is 20.0. The first-order valence-electron chi connectivity index (χ1n) is 8.05. The lowest BCUT2D eigenvalue weighted by Gasteiger charge is -2.36. The fourth-order valence-corrected chi connectivity index (χ4v) is 2.86. The van der Waals surface area contributed by atoms with E-state index >= 15 is 0 Å². The van der Waals surface area contributed by atoms with E-state index in [-0.39, 0.29) is 5.91 Å². The van der Waals surface area contributed by atoms with Gasteiger partial charge in [-0.1, -0.05) is 30.3 Å². The lowest BCUT2D eigenvalue weighted by Crippen LogP contribution is -2.51. The maximum absolute atomic E-state index is 11.9. The Labute approximate surface area is 132 Å². The van der Waals surface area contributed by atoms with Gasteiger partial charge in [0.1, 0.15) is 5.84 Å². The molecule has 1 aromatic rings. The van der Waals surface area contributed by atoms with E-state index in [4.69, 9.17) is 0 Å². The van der Waals surface area contributed by atoms with Gasteiger partial charge in [-0.2, -0.15) is 0 Å². The fraction of sp³-hybridized carbons (Fsp3) is 0.529. The second-order valence-corrected chi connectivity index (χ2v) is 6.02. The van der Waals surface area contributed by atoms with Gasteiger partial charge in [0, 0.05) is 44.8 Å². The number of nitrogens with one attached hydrogen (secondary N) is 1. The van der Waals surface area contributed by atoms with E-state index in [1.807, 2.05) is 25.2 Å². The molecule has 1 saturated carbocycles. The Morgan fingerprint density at radius 3 is 2.45 bits per heavy atom. The Bertz CT molecular complexity index is 531. The predicted molar refractivity (Wildman–Crippen MR) is 88.1 cm³/mol. The molecule has 5 heteroatoms. The van der Waals surface area contributed by atoms with Crippen LogP contribution in [0.1, 0.15) is 18.4 Å². The van der Waals surface area contributed by atoms with Crippen LogP contribution >= 0.6 is 0 Å². The van der Waals surface area contributed by atoms with E-state index in [1.54, 1.807) is 0 Å². The Morgan fingerprint density at radius 1 is 1.18 bits per heavy atom. The average Bonchev–Trinajstić information content (AvgIpc) is 3.34. The zero-order chi connectivity index (χ0) is 15.4. The highest BCUT2D eigenvalue weighted by molar-refractivity contribution is 5.98.